The zero-order valence-corrected chi connectivity index (χ0v) is 24.7. The maximum absolute atomic E-state index is 13.5. The van der Waals surface area contributed by atoms with Gasteiger partial charge >= 0.3 is 12.4 Å². The number of nitrogens with zero attached hydrogens (tertiary/aromatic N) is 4. The number of anilines is 1. The van der Waals surface area contributed by atoms with Crippen LogP contribution in [0.2, 0.25) is 5.02 Å². The van der Waals surface area contributed by atoms with Crippen molar-refractivity contribution in [2.45, 2.75) is 29.8 Å². The molecule has 1 aliphatic rings. The minimum Gasteiger partial charge on any atom is -0.390 e. The van der Waals surface area contributed by atoms with Gasteiger partial charge in [0.2, 0.25) is 10.0 Å². The number of carbonyl (C=O) groups is 1. The Morgan fingerprint density at radius 1 is 1.04 bits per heavy atom. The molecule has 4 rings (SSSR count). The summed E-state index contributed by atoms with van der Waals surface area (Å²) in [5, 5.41) is 9.66. The lowest BCUT2D eigenvalue weighted by Gasteiger charge is -2.24. The zero-order valence-electron chi connectivity index (χ0n) is 23.1. The lowest BCUT2D eigenvalue weighted by Crippen LogP contribution is -2.41. The molecule has 246 valence electrons. The van der Waals surface area contributed by atoms with Crippen LogP contribution in [0.5, 0.6) is 0 Å². The van der Waals surface area contributed by atoms with Crippen LogP contribution >= 0.6 is 11.6 Å². The number of aromatic nitrogens is 1. The molecule has 3 aromatic rings. The van der Waals surface area contributed by atoms with Crippen molar-refractivity contribution in [3.05, 3.63) is 88.3 Å². The highest BCUT2D eigenvalue weighted by atomic mass is 35.5. The molecule has 46 heavy (non-hydrogen) atoms. The first kappa shape index (κ1) is 34.6. The van der Waals surface area contributed by atoms with Crippen molar-refractivity contribution in [3.8, 4) is 0 Å². The van der Waals surface area contributed by atoms with Crippen LogP contribution in [0.25, 0.3) is 0 Å². The van der Waals surface area contributed by atoms with E-state index >= 15 is 0 Å². The second-order valence-electron chi connectivity index (χ2n) is 9.58. The molecule has 0 fully saturated rings. The fourth-order valence-corrected chi connectivity index (χ4v) is 5.67. The second kappa shape index (κ2) is 14.0. The fraction of sp³-hybridized carbons (Fsp3) is 0.259. The number of hydrogen-bond donors (Lipinski definition) is 2. The summed E-state index contributed by atoms with van der Waals surface area (Å²) < 4.78 is 118. The molecule has 0 unspecified atom stereocenters. The van der Waals surface area contributed by atoms with Gasteiger partial charge in [0.1, 0.15) is 23.5 Å². The molecule has 1 aliphatic heterocycles. The van der Waals surface area contributed by atoms with Crippen molar-refractivity contribution < 1.29 is 48.8 Å². The van der Waals surface area contributed by atoms with Crippen molar-refractivity contribution >= 4 is 45.3 Å². The van der Waals surface area contributed by atoms with Crippen LogP contribution in [-0.2, 0) is 32.0 Å². The molecule has 1 amide bonds. The molecule has 10 nitrogen and oxygen atoms in total. The Morgan fingerprint density at radius 2 is 1.70 bits per heavy atom. The summed E-state index contributed by atoms with van der Waals surface area (Å²) in [6.07, 6.45) is -8.66. The smallest absolute Gasteiger partial charge is 0.390 e. The molecular weight excluding hydrogens is 673 g/mol. The first-order chi connectivity index (χ1) is 21.5. The highest BCUT2D eigenvalue weighted by molar-refractivity contribution is 7.89. The van der Waals surface area contributed by atoms with Gasteiger partial charge in [-0.25, -0.2) is 23.2 Å². The number of nitrogens with one attached hydrogen (secondary N) is 2. The molecule has 0 aliphatic carbocycles. The summed E-state index contributed by atoms with van der Waals surface area (Å²) in [4.78, 5) is 21.1. The van der Waals surface area contributed by atoms with Crippen LogP contribution in [0.4, 0.5) is 36.6 Å². The molecule has 0 radical (unpaired) electrons. The third-order valence-corrected chi connectivity index (χ3v) is 8.46. The van der Waals surface area contributed by atoms with E-state index in [4.69, 9.17) is 16.4 Å². The highest BCUT2D eigenvalue weighted by Gasteiger charge is 2.34. The fourth-order valence-electron chi connectivity index (χ4n) is 3.96. The van der Waals surface area contributed by atoms with E-state index in [2.05, 4.69) is 26.0 Å². The molecule has 2 N–H and O–H groups in total. The van der Waals surface area contributed by atoms with Gasteiger partial charge in [0.15, 0.2) is 0 Å². The Hall–Kier alpha value is -4.29. The van der Waals surface area contributed by atoms with Gasteiger partial charge in [-0.05, 0) is 48.0 Å². The van der Waals surface area contributed by atoms with Crippen molar-refractivity contribution in [3.63, 3.8) is 0 Å². The summed E-state index contributed by atoms with van der Waals surface area (Å²) in [6, 6.07) is 8.62. The third kappa shape index (κ3) is 8.91. The second-order valence-corrected chi connectivity index (χ2v) is 11.9. The lowest BCUT2D eigenvalue weighted by molar-refractivity contribution is -0.138. The molecule has 2 aromatic carbocycles. The summed E-state index contributed by atoms with van der Waals surface area (Å²) in [5.41, 5.74) is 0.323. The van der Waals surface area contributed by atoms with Crippen molar-refractivity contribution in [2.75, 3.05) is 25.0 Å². The minimum atomic E-state index is -4.67. The van der Waals surface area contributed by atoms with E-state index in [9.17, 15) is 43.9 Å². The highest BCUT2D eigenvalue weighted by Crippen LogP contribution is 2.32. The van der Waals surface area contributed by atoms with E-state index < -0.39 is 51.3 Å². The molecule has 0 bridgehead atoms. The molecule has 2 heterocycles. The average Bonchev–Trinajstić information content (AvgIpc) is 3.46. The number of halogens is 8. The Labute approximate surface area is 261 Å². The zero-order chi connectivity index (χ0) is 33.7. The Morgan fingerprint density at radius 3 is 2.30 bits per heavy atom. The van der Waals surface area contributed by atoms with E-state index in [0.29, 0.717) is 12.3 Å². The maximum Gasteiger partial charge on any atom is 0.417 e. The maximum atomic E-state index is 13.5. The van der Waals surface area contributed by atoms with Crippen LogP contribution in [0, 0.1) is 5.82 Å². The number of hydrazone groups is 1. The summed E-state index contributed by atoms with van der Waals surface area (Å²) in [6.45, 7) is -0.833. The third-order valence-electron chi connectivity index (χ3n) is 6.29. The Kier molecular flexibility index (Phi) is 10.5. The van der Waals surface area contributed by atoms with Crippen LogP contribution in [0.3, 0.4) is 0 Å². The molecule has 19 heteroatoms. The van der Waals surface area contributed by atoms with Gasteiger partial charge in [-0.1, -0.05) is 28.9 Å². The summed E-state index contributed by atoms with van der Waals surface area (Å²) >= 11 is 5.91. The predicted octanol–water partition coefficient (Wildman–Crippen LogP) is 5.31. The van der Waals surface area contributed by atoms with E-state index in [1.54, 1.807) is 0 Å². The van der Waals surface area contributed by atoms with Crippen molar-refractivity contribution in [2.24, 2.45) is 10.3 Å². The van der Waals surface area contributed by atoms with Crippen LogP contribution in [0.15, 0.2) is 75.9 Å². The molecule has 0 spiro atoms. The molecule has 1 aromatic heterocycles. The van der Waals surface area contributed by atoms with E-state index in [-0.39, 0.29) is 53.1 Å². The number of hydrogen-bond acceptors (Lipinski definition) is 8. The van der Waals surface area contributed by atoms with Crippen molar-refractivity contribution in [1.82, 2.24) is 14.7 Å². The van der Waals surface area contributed by atoms with E-state index in [1.807, 2.05) is 0 Å². The first-order valence-corrected chi connectivity index (χ1v) is 14.8. The van der Waals surface area contributed by atoms with Gasteiger partial charge in [-0.3, -0.25) is 4.79 Å². The monoisotopic (exact) mass is 694 g/mol. The number of alkyl halides is 6. The van der Waals surface area contributed by atoms with Crippen LogP contribution < -0.4 is 10.7 Å². The largest absolute Gasteiger partial charge is 0.417 e. The van der Waals surface area contributed by atoms with Gasteiger partial charge in [0, 0.05) is 25.7 Å². The average molecular weight is 695 g/mol. The number of rotatable bonds is 11. The number of benzene rings is 2. The van der Waals surface area contributed by atoms with E-state index in [0.717, 1.165) is 59.1 Å². The number of sulfonamides is 1. The number of amides is 1. The Bertz CT molecular complexity index is 1720. The van der Waals surface area contributed by atoms with Crippen molar-refractivity contribution in [1.29, 1.82) is 0 Å². The number of pyridine rings is 1. The summed E-state index contributed by atoms with van der Waals surface area (Å²) in [5.74, 6) is -1.63. The van der Waals surface area contributed by atoms with E-state index in [1.165, 1.54) is 0 Å². The first-order valence-electron chi connectivity index (χ1n) is 13.0. The van der Waals surface area contributed by atoms with Gasteiger partial charge in [0.05, 0.1) is 33.8 Å². The van der Waals surface area contributed by atoms with Crippen LogP contribution in [-0.4, -0.2) is 61.3 Å². The number of carbonyl (C=O) groups excluding carboxylic acids is 1. The predicted molar refractivity (Wildman–Crippen MR) is 152 cm³/mol. The minimum absolute atomic E-state index is 0.134. The molecule has 0 saturated heterocycles. The van der Waals surface area contributed by atoms with Gasteiger partial charge in [-0.2, -0.15) is 35.7 Å². The molecular formula is C27H22ClF7N6O4S. The standard InChI is InChI=1S/C27H22ClF7N6O4S/c28-22-11-18(27(33,34)35)14-37-24(22)36-9-10-41(46(43,44)21-7-5-19(29)6-8-21)15-20-12-23(40-45-20)25(42)39-38-13-16-1-3-17(4-2-16)26(30,31)32/h1-8,11,13-14,20H,9-10,12,15H2,(H,36,37)(H,39,42)/b38-13+/t20-/m0/s1. The number of oxime groups is 1. The van der Waals surface area contributed by atoms with Gasteiger partial charge in [0.25, 0.3) is 5.91 Å². The summed E-state index contributed by atoms with van der Waals surface area (Å²) in [7, 11) is -4.29. The van der Waals surface area contributed by atoms with Gasteiger partial charge in [-0.15, -0.1) is 0 Å². The van der Waals surface area contributed by atoms with Crippen LogP contribution in [0.1, 0.15) is 23.1 Å². The SMILES string of the molecule is O=C(N/N=C/c1ccc(C(F)(F)F)cc1)C1=NO[C@H](CN(CCNc2ncc(C(F)(F)F)cc2Cl)S(=O)(=O)c2ccc(F)cc2)C1. The topological polar surface area (TPSA) is 125 Å². The lowest BCUT2D eigenvalue weighted by atomic mass is 10.1. The van der Waals surface area contributed by atoms with Gasteiger partial charge < -0.3 is 10.2 Å². The molecule has 0 saturated carbocycles. The molecule has 1 atom stereocenters. The quantitative estimate of drug-likeness (QED) is 0.159. The Balaban J connectivity index is 1.39. The normalized spacial score (nSPS) is 15.6.